The second-order valence-electron chi connectivity index (χ2n) is 7.07. The van der Waals surface area contributed by atoms with Crippen molar-refractivity contribution >= 4 is 17.5 Å². The molecule has 0 aliphatic carbocycles. The van der Waals surface area contributed by atoms with Crippen LogP contribution in [0.1, 0.15) is 18.1 Å². The van der Waals surface area contributed by atoms with E-state index in [1.54, 1.807) is 9.80 Å². The van der Waals surface area contributed by atoms with E-state index in [0.29, 0.717) is 18.0 Å². The molecule has 0 bridgehead atoms. The third-order valence-electron chi connectivity index (χ3n) is 5.04. The van der Waals surface area contributed by atoms with Crippen LogP contribution in [0.15, 0.2) is 42.5 Å². The minimum absolute atomic E-state index is 0.0505. The fourth-order valence-electron chi connectivity index (χ4n) is 3.49. The molecule has 0 aromatic heterocycles. The summed E-state index contributed by atoms with van der Waals surface area (Å²) in [6.07, 6.45) is 0.235. The number of hydrogen-bond donors (Lipinski definition) is 0. The molecule has 6 nitrogen and oxygen atoms in total. The van der Waals surface area contributed by atoms with Crippen LogP contribution in [-0.2, 0) is 16.0 Å². The Balaban J connectivity index is 1.44. The van der Waals surface area contributed by atoms with Gasteiger partial charge in [0, 0.05) is 18.3 Å². The van der Waals surface area contributed by atoms with Crippen LogP contribution in [-0.4, -0.2) is 42.6 Å². The van der Waals surface area contributed by atoms with Gasteiger partial charge in [0.25, 0.3) is 0 Å². The van der Waals surface area contributed by atoms with Gasteiger partial charge in [0.2, 0.25) is 18.6 Å². The number of amides is 2. The molecule has 0 radical (unpaired) electrons. The van der Waals surface area contributed by atoms with Crippen molar-refractivity contribution in [1.29, 1.82) is 0 Å². The van der Waals surface area contributed by atoms with E-state index in [1.807, 2.05) is 56.3 Å². The summed E-state index contributed by atoms with van der Waals surface area (Å²) in [7, 11) is 0. The van der Waals surface area contributed by atoms with Gasteiger partial charge >= 0.3 is 0 Å². The first-order valence-electron chi connectivity index (χ1n) is 9.06. The summed E-state index contributed by atoms with van der Waals surface area (Å²) in [5, 5.41) is 0. The largest absolute Gasteiger partial charge is 0.454 e. The van der Waals surface area contributed by atoms with Crippen LogP contribution >= 0.6 is 0 Å². The number of benzene rings is 2. The molecule has 2 aliphatic heterocycles. The number of nitrogens with zero attached hydrogens (tertiary/aromatic N) is 2. The SMILES string of the molecule is Cc1ccc(N2C[C@@H](C)N(C(=O)Cc3ccc4c(c3)OCO4)CC2=O)cc1. The van der Waals surface area contributed by atoms with E-state index in [9.17, 15) is 9.59 Å². The number of piperazine rings is 1. The molecule has 1 saturated heterocycles. The number of fused-ring (bicyclic) bond motifs is 1. The topological polar surface area (TPSA) is 59.1 Å². The maximum atomic E-state index is 12.8. The smallest absolute Gasteiger partial charge is 0.246 e. The monoisotopic (exact) mass is 366 g/mol. The molecular formula is C21H22N2O4. The number of carbonyl (C=O) groups excluding carboxylic acids is 2. The van der Waals surface area contributed by atoms with Crippen molar-refractivity contribution in [3.05, 3.63) is 53.6 Å². The zero-order valence-corrected chi connectivity index (χ0v) is 15.5. The first kappa shape index (κ1) is 17.4. The van der Waals surface area contributed by atoms with Crippen molar-refractivity contribution in [1.82, 2.24) is 4.90 Å². The maximum Gasteiger partial charge on any atom is 0.246 e. The third-order valence-corrected chi connectivity index (χ3v) is 5.04. The second-order valence-corrected chi connectivity index (χ2v) is 7.07. The molecule has 27 heavy (non-hydrogen) atoms. The Hall–Kier alpha value is -3.02. The molecule has 0 unspecified atom stereocenters. The van der Waals surface area contributed by atoms with Gasteiger partial charge in [-0.1, -0.05) is 23.8 Å². The molecule has 140 valence electrons. The van der Waals surface area contributed by atoms with Crippen molar-refractivity contribution in [2.45, 2.75) is 26.3 Å². The first-order valence-corrected chi connectivity index (χ1v) is 9.06. The highest BCUT2D eigenvalue weighted by molar-refractivity contribution is 5.98. The van der Waals surface area contributed by atoms with E-state index in [0.717, 1.165) is 16.8 Å². The lowest BCUT2D eigenvalue weighted by Crippen LogP contribution is -2.57. The van der Waals surface area contributed by atoms with Crippen molar-refractivity contribution in [2.75, 3.05) is 24.8 Å². The van der Waals surface area contributed by atoms with Crippen LogP contribution in [0.3, 0.4) is 0 Å². The zero-order chi connectivity index (χ0) is 19.0. The first-order chi connectivity index (χ1) is 13.0. The molecule has 2 aromatic carbocycles. The van der Waals surface area contributed by atoms with Crippen LogP contribution in [0.25, 0.3) is 0 Å². The van der Waals surface area contributed by atoms with E-state index in [-0.39, 0.29) is 37.6 Å². The van der Waals surface area contributed by atoms with Gasteiger partial charge < -0.3 is 19.3 Å². The van der Waals surface area contributed by atoms with Crippen molar-refractivity contribution < 1.29 is 19.1 Å². The lowest BCUT2D eigenvalue weighted by molar-refractivity contribution is -0.138. The van der Waals surface area contributed by atoms with Gasteiger partial charge in [-0.05, 0) is 43.7 Å². The van der Waals surface area contributed by atoms with Gasteiger partial charge in [-0.3, -0.25) is 9.59 Å². The second kappa shape index (κ2) is 6.95. The molecule has 6 heteroatoms. The van der Waals surface area contributed by atoms with Gasteiger partial charge in [0.15, 0.2) is 11.5 Å². The van der Waals surface area contributed by atoms with E-state index in [4.69, 9.17) is 9.47 Å². The lowest BCUT2D eigenvalue weighted by atomic mass is 10.1. The molecule has 1 atom stereocenters. The summed E-state index contributed by atoms with van der Waals surface area (Å²) >= 11 is 0. The Morgan fingerprint density at radius 3 is 2.63 bits per heavy atom. The number of rotatable bonds is 3. The summed E-state index contributed by atoms with van der Waals surface area (Å²) in [6.45, 7) is 4.79. The molecular weight excluding hydrogens is 344 g/mol. The minimum Gasteiger partial charge on any atom is -0.454 e. The van der Waals surface area contributed by atoms with Crippen LogP contribution in [0.2, 0.25) is 0 Å². The Kier molecular flexibility index (Phi) is 4.48. The van der Waals surface area contributed by atoms with E-state index >= 15 is 0 Å². The standard InChI is InChI=1S/C21H22N2O4/c1-14-3-6-17(7-4-14)23-11-15(2)22(12-21(23)25)20(24)10-16-5-8-18-19(9-16)27-13-26-18/h3-9,15H,10-13H2,1-2H3/t15-/m1/s1. The Morgan fingerprint density at radius 1 is 1.11 bits per heavy atom. The van der Waals surface area contributed by atoms with Crippen molar-refractivity contribution in [2.24, 2.45) is 0 Å². The van der Waals surface area contributed by atoms with Crippen LogP contribution in [0, 0.1) is 6.92 Å². The summed E-state index contributed by atoms with van der Waals surface area (Å²) in [5.74, 6) is 1.24. The molecule has 4 rings (SSSR count). The summed E-state index contributed by atoms with van der Waals surface area (Å²) < 4.78 is 10.7. The van der Waals surface area contributed by atoms with Gasteiger partial charge in [-0.15, -0.1) is 0 Å². The maximum absolute atomic E-state index is 12.8. The van der Waals surface area contributed by atoms with E-state index < -0.39 is 0 Å². The fourth-order valence-corrected chi connectivity index (χ4v) is 3.49. The highest BCUT2D eigenvalue weighted by atomic mass is 16.7. The lowest BCUT2D eigenvalue weighted by Gasteiger charge is -2.39. The summed E-state index contributed by atoms with van der Waals surface area (Å²) in [4.78, 5) is 28.9. The molecule has 2 heterocycles. The molecule has 0 spiro atoms. The Morgan fingerprint density at radius 2 is 1.85 bits per heavy atom. The average Bonchev–Trinajstić information content (AvgIpc) is 3.12. The molecule has 1 fully saturated rings. The van der Waals surface area contributed by atoms with Gasteiger partial charge in [-0.2, -0.15) is 0 Å². The average molecular weight is 366 g/mol. The van der Waals surface area contributed by atoms with Crippen LogP contribution < -0.4 is 14.4 Å². The van der Waals surface area contributed by atoms with Gasteiger partial charge in [-0.25, -0.2) is 0 Å². The molecule has 2 aromatic rings. The van der Waals surface area contributed by atoms with Crippen molar-refractivity contribution in [3.63, 3.8) is 0 Å². The molecule has 2 amide bonds. The normalized spacial score (nSPS) is 18.7. The number of carbonyl (C=O) groups is 2. The minimum atomic E-state index is -0.0593. The van der Waals surface area contributed by atoms with E-state index in [1.165, 1.54) is 0 Å². The predicted molar refractivity (Wildman–Crippen MR) is 101 cm³/mol. The summed E-state index contributed by atoms with van der Waals surface area (Å²) in [6, 6.07) is 13.3. The predicted octanol–water partition coefficient (Wildman–Crippen LogP) is 2.53. The Bertz CT molecular complexity index is 878. The molecule has 2 aliphatic rings. The van der Waals surface area contributed by atoms with Gasteiger partial charge in [0.05, 0.1) is 6.42 Å². The summed E-state index contributed by atoms with van der Waals surface area (Å²) in [5.41, 5.74) is 2.88. The third kappa shape index (κ3) is 3.47. The number of ether oxygens (including phenoxy) is 2. The number of anilines is 1. The van der Waals surface area contributed by atoms with Gasteiger partial charge in [0.1, 0.15) is 6.54 Å². The highest BCUT2D eigenvalue weighted by Gasteiger charge is 2.33. The van der Waals surface area contributed by atoms with E-state index in [2.05, 4.69) is 0 Å². The number of aryl methyl sites for hydroxylation is 1. The van der Waals surface area contributed by atoms with Crippen LogP contribution in [0.5, 0.6) is 11.5 Å². The highest BCUT2D eigenvalue weighted by Crippen LogP contribution is 2.32. The van der Waals surface area contributed by atoms with Crippen molar-refractivity contribution in [3.8, 4) is 11.5 Å². The Labute approximate surface area is 158 Å². The molecule has 0 saturated carbocycles. The zero-order valence-electron chi connectivity index (χ0n) is 15.5. The fraction of sp³-hybridized carbons (Fsp3) is 0.333. The molecule has 0 N–H and O–H groups in total. The number of hydrogen-bond acceptors (Lipinski definition) is 4. The van der Waals surface area contributed by atoms with Crippen LogP contribution in [0.4, 0.5) is 5.69 Å². The quantitative estimate of drug-likeness (QED) is 0.838.